The van der Waals surface area contributed by atoms with E-state index in [9.17, 15) is 13.2 Å². The monoisotopic (exact) mass is 253 g/mol. The van der Waals surface area contributed by atoms with Crippen molar-refractivity contribution in [2.75, 3.05) is 0 Å². The second-order valence-electron chi connectivity index (χ2n) is 3.52. The zero-order valence-electron chi connectivity index (χ0n) is 8.42. The molecule has 0 spiro atoms. The smallest absolute Gasteiger partial charge is 0.382 e. The molecule has 1 aromatic carbocycles. The Labute approximate surface area is 95.8 Å². The Morgan fingerprint density at radius 2 is 1.94 bits per heavy atom. The van der Waals surface area contributed by atoms with Gasteiger partial charge in [-0.2, -0.15) is 13.2 Å². The summed E-state index contributed by atoms with van der Waals surface area (Å²) in [5.41, 5.74) is 6.20. The van der Waals surface area contributed by atoms with Crippen LogP contribution in [-0.4, -0.2) is 17.4 Å². The molecular weight excluding hydrogens is 243 g/mol. The fourth-order valence-electron chi connectivity index (χ4n) is 1.20. The van der Waals surface area contributed by atoms with E-state index in [2.05, 4.69) is 0 Å². The largest absolute Gasteiger partial charge is 0.416 e. The lowest BCUT2D eigenvalue weighted by Gasteiger charge is -2.21. The summed E-state index contributed by atoms with van der Waals surface area (Å²) in [7, 11) is 0. The van der Waals surface area contributed by atoms with Crippen molar-refractivity contribution < 1.29 is 18.3 Å². The first kappa shape index (κ1) is 13.3. The molecule has 16 heavy (non-hydrogen) atoms. The molecule has 1 aromatic rings. The highest BCUT2D eigenvalue weighted by Gasteiger charge is 2.42. The molecule has 0 amide bonds. The SMILES string of the molecule is Cc1ccc([C@H](N)[C@H](O)C(F)(F)F)cc1Cl. The number of benzene rings is 1. The van der Waals surface area contributed by atoms with Crippen LogP contribution in [0.25, 0.3) is 0 Å². The van der Waals surface area contributed by atoms with Gasteiger partial charge in [-0.15, -0.1) is 0 Å². The van der Waals surface area contributed by atoms with Crippen LogP contribution in [0.3, 0.4) is 0 Å². The number of aryl methyl sites for hydroxylation is 1. The number of aliphatic hydroxyl groups excluding tert-OH is 1. The Kier molecular flexibility index (Phi) is 3.83. The molecule has 0 radical (unpaired) electrons. The highest BCUT2D eigenvalue weighted by molar-refractivity contribution is 6.31. The van der Waals surface area contributed by atoms with Gasteiger partial charge < -0.3 is 10.8 Å². The Morgan fingerprint density at radius 1 is 1.38 bits per heavy atom. The van der Waals surface area contributed by atoms with Crippen molar-refractivity contribution in [3.05, 3.63) is 34.3 Å². The first-order chi connectivity index (χ1) is 7.23. The van der Waals surface area contributed by atoms with E-state index < -0.39 is 18.3 Å². The summed E-state index contributed by atoms with van der Waals surface area (Å²) in [6, 6.07) is 2.77. The Morgan fingerprint density at radius 3 is 2.38 bits per heavy atom. The fraction of sp³-hybridized carbons (Fsp3) is 0.400. The molecular formula is C10H11ClF3NO. The number of nitrogens with two attached hydrogens (primary N) is 1. The van der Waals surface area contributed by atoms with Gasteiger partial charge in [-0.1, -0.05) is 23.7 Å². The maximum Gasteiger partial charge on any atom is 0.416 e. The lowest BCUT2D eigenvalue weighted by Crippen LogP contribution is -2.38. The van der Waals surface area contributed by atoms with Crippen LogP contribution in [0.15, 0.2) is 18.2 Å². The topological polar surface area (TPSA) is 46.2 Å². The third kappa shape index (κ3) is 2.87. The van der Waals surface area contributed by atoms with E-state index in [0.29, 0.717) is 5.02 Å². The molecule has 0 aliphatic carbocycles. The van der Waals surface area contributed by atoms with Gasteiger partial charge in [-0.3, -0.25) is 0 Å². The number of rotatable bonds is 2. The second-order valence-corrected chi connectivity index (χ2v) is 3.93. The van der Waals surface area contributed by atoms with Crippen LogP contribution in [0.1, 0.15) is 17.2 Å². The molecule has 2 nitrogen and oxygen atoms in total. The Balaban J connectivity index is 2.97. The maximum atomic E-state index is 12.2. The molecule has 0 bridgehead atoms. The molecule has 0 saturated carbocycles. The van der Waals surface area contributed by atoms with Gasteiger partial charge in [0.2, 0.25) is 0 Å². The summed E-state index contributed by atoms with van der Waals surface area (Å²) in [6.45, 7) is 1.72. The molecule has 0 fully saturated rings. The van der Waals surface area contributed by atoms with Crippen LogP contribution in [0.4, 0.5) is 13.2 Å². The highest BCUT2D eigenvalue weighted by Crippen LogP contribution is 2.30. The summed E-state index contributed by atoms with van der Waals surface area (Å²) in [6.07, 6.45) is -7.33. The van der Waals surface area contributed by atoms with E-state index in [4.69, 9.17) is 22.4 Å². The van der Waals surface area contributed by atoms with Crippen molar-refractivity contribution in [3.63, 3.8) is 0 Å². The van der Waals surface area contributed by atoms with E-state index in [0.717, 1.165) is 5.56 Å². The lowest BCUT2D eigenvalue weighted by atomic mass is 10.0. The number of hydrogen-bond donors (Lipinski definition) is 2. The molecule has 90 valence electrons. The van der Waals surface area contributed by atoms with Gasteiger partial charge in [0.05, 0.1) is 6.04 Å². The van der Waals surface area contributed by atoms with E-state index in [-0.39, 0.29) is 5.56 Å². The molecule has 0 saturated heterocycles. The number of halogens is 4. The van der Waals surface area contributed by atoms with Gasteiger partial charge in [-0.05, 0) is 24.1 Å². The molecule has 1 rings (SSSR count). The predicted molar refractivity (Wildman–Crippen MR) is 55.2 cm³/mol. The summed E-state index contributed by atoms with van der Waals surface area (Å²) < 4.78 is 36.6. The summed E-state index contributed by atoms with van der Waals surface area (Å²) in [5, 5.41) is 9.30. The molecule has 0 aliphatic rings. The van der Waals surface area contributed by atoms with Gasteiger partial charge >= 0.3 is 6.18 Å². The van der Waals surface area contributed by atoms with Crippen molar-refractivity contribution in [1.29, 1.82) is 0 Å². The maximum absolute atomic E-state index is 12.2. The zero-order chi connectivity index (χ0) is 12.5. The van der Waals surface area contributed by atoms with Gasteiger partial charge in [0, 0.05) is 5.02 Å². The standard InChI is InChI=1S/C10H11ClF3NO/c1-5-2-3-6(4-7(5)11)8(15)9(16)10(12,13)14/h2-4,8-9,16H,15H2,1H3/t8-,9-/m0/s1. The van der Waals surface area contributed by atoms with E-state index in [1.165, 1.54) is 12.1 Å². The van der Waals surface area contributed by atoms with Crippen molar-refractivity contribution in [1.82, 2.24) is 0 Å². The van der Waals surface area contributed by atoms with Crippen LogP contribution in [0, 0.1) is 6.92 Å². The minimum Gasteiger partial charge on any atom is -0.382 e. The molecule has 3 N–H and O–H groups in total. The third-order valence-corrected chi connectivity index (χ3v) is 2.66. The number of alkyl halides is 3. The molecule has 0 unspecified atom stereocenters. The molecule has 2 atom stereocenters. The van der Waals surface area contributed by atoms with Crippen molar-refractivity contribution in [2.45, 2.75) is 25.2 Å². The van der Waals surface area contributed by atoms with E-state index >= 15 is 0 Å². The van der Waals surface area contributed by atoms with Crippen molar-refractivity contribution in [2.24, 2.45) is 5.73 Å². The Bertz CT molecular complexity index is 381. The normalized spacial score (nSPS) is 15.9. The quantitative estimate of drug-likeness (QED) is 0.851. The highest BCUT2D eigenvalue weighted by atomic mass is 35.5. The van der Waals surface area contributed by atoms with Gasteiger partial charge in [-0.25, -0.2) is 0 Å². The van der Waals surface area contributed by atoms with Gasteiger partial charge in [0.15, 0.2) is 6.10 Å². The molecule has 0 aromatic heterocycles. The third-order valence-electron chi connectivity index (χ3n) is 2.26. The van der Waals surface area contributed by atoms with Crippen LogP contribution < -0.4 is 5.73 Å². The minimum atomic E-state index is -4.74. The van der Waals surface area contributed by atoms with Crippen LogP contribution in [-0.2, 0) is 0 Å². The van der Waals surface area contributed by atoms with Gasteiger partial charge in [0.1, 0.15) is 0 Å². The average Bonchev–Trinajstić information content (AvgIpc) is 2.18. The molecule has 0 aliphatic heterocycles. The minimum absolute atomic E-state index is 0.153. The van der Waals surface area contributed by atoms with Crippen molar-refractivity contribution in [3.8, 4) is 0 Å². The zero-order valence-corrected chi connectivity index (χ0v) is 9.18. The second kappa shape index (κ2) is 4.61. The van der Waals surface area contributed by atoms with Crippen LogP contribution in [0.5, 0.6) is 0 Å². The first-order valence-electron chi connectivity index (χ1n) is 4.50. The van der Waals surface area contributed by atoms with E-state index in [1.54, 1.807) is 13.0 Å². The van der Waals surface area contributed by atoms with Crippen molar-refractivity contribution >= 4 is 11.6 Å². The van der Waals surface area contributed by atoms with Crippen LogP contribution >= 0.6 is 11.6 Å². The first-order valence-corrected chi connectivity index (χ1v) is 4.87. The molecule has 6 heteroatoms. The predicted octanol–water partition coefficient (Wildman–Crippen LogP) is 2.57. The number of hydrogen-bond acceptors (Lipinski definition) is 2. The lowest BCUT2D eigenvalue weighted by molar-refractivity contribution is -0.210. The summed E-state index contributed by atoms with van der Waals surface area (Å²) in [5.74, 6) is 0. The number of aliphatic hydroxyl groups is 1. The van der Waals surface area contributed by atoms with E-state index in [1.807, 2.05) is 0 Å². The van der Waals surface area contributed by atoms with Gasteiger partial charge in [0.25, 0.3) is 0 Å². The Hall–Kier alpha value is -0.780. The summed E-state index contributed by atoms with van der Waals surface area (Å²) in [4.78, 5) is 0. The fourth-order valence-corrected chi connectivity index (χ4v) is 1.39. The molecule has 0 heterocycles. The summed E-state index contributed by atoms with van der Waals surface area (Å²) >= 11 is 5.76. The average molecular weight is 254 g/mol. The van der Waals surface area contributed by atoms with Crippen LogP contribution in [0.2, 0.25) is 5.02 Å².